The highest BCUT2D eigenvalue weighted by molar-refractivity contribution is 9.10. The summed E-state index contributed by atoms with van der Waals surface area (Å²) in [4.78, 5) is 15.0. The molecule has 1 heterocycles. The van der Waals surface area contributed by atoms with E-state index >= 15 is 0 Å². The van der Waals surface area contributed by atoms with Gasteiger partial charge in [-0.15, -0.1) is 0 Å². The number of carbonyl (C=O) groups is 1. The van der Waals surface area contributed by atoms with Crippen LogP contribution in [0.4, 0.5) is 0 Å². The van der Waals surface area contributed by atoms with Crippen LogP contribution in [-0.4, -0.2) is 21.2 Å². The van der Waals surface area contributed by atoms with E-state index in [2.05, 4.69) is 26.1 Å². The predicted octanol–water partition coefficient (Wildman–Crippen LogP) is 2.42. The van der Waals surface area contributed by atoms with E-state index in [1.807, 2.05) is 0 Å². The van der Waals surface area contributed by atoms with Gasteiger partial charge in [-0.1, -0.05) is 21.1 Å². The summed E-state index contributed by atoms with van der Waals surface area (Å²) >= 11 is 3.25. The molecule has 0 aliphatic carbocycles. The summed E-state index contributed by atoms with van der Waals surface area (Å²) in [5.41, 5.74) is 0.0819. The molecule has 0 saturated carbocycles. The van der Waals surface area contributed by atoms with Crippen molar-refractivity contribution in [1.82, 2.24) is 10.1 Å². The minimum atomic E-state index is -1.05. The summed E-state index contributed by atoms with van der Waals surface area (Å²) < 4.78 is 10.9. The molecule has 2 rings (SSSR count). The predicted molar refractivity (Wildman–Crippen MR) is 64.5 cm³/mol. The molecule has 0 saturated heterocycles. The second-order valence-electron chi connectivity index (χ2n) is 3.46. The number of aryl methyl sites for hydroxylation is 1. The highest BCUT2D eigenvalue weighted by atomic mass is 79.9. The van der Waals surface area contributed by atoms with Gasteiger partial charge in [-0.05, 0) is 18.2 Å². The van der Waals surface area contributed by atoms with Crippen molar-refractivity contribution in [3.05, 3.63) is 40.0 Å². The van der Waals surface area contributed by atoms with Crippen molar-refractivity contribution in [2.75, 3.05) is 0 Å². The zero-order valence-corrected chi connectivity index (χ0v) is 11.0. The van der Waals surface area contributed by atoms with E-state index in [4.69, 9.17) is 14.4 Å². The van der Waals surface area contributed by atoms with Crippen molar-refractivity contribution >= 4 is 21.9 Å². The minimum absolute atomic E-state index is 0.0497. The third kappa shape index (κ3) is 2.86. The van der Waals surface area contributed by atoms with Crippen molar-refractivity contribution in [3.63, 3.8) is 0 Å². The van der Waals surface area contributed by atoms with Gasteiger partial charge in [0.1, 0.15) is 11.3 Å². The van der Waals surface area contributed by atoms with Crippen LogP contribution in [0, 0.1) is 6.92 Å². The smallest absolute Gasteiger partial charge is 0.339 e. The summed E-state index contributed by atoms with van der Waals surface area (Å²) in [6.07, 6.45) is 0. The van der Waals surface area contributed by atoms with Gasteiger partial charge < -0.3 is 14.4 Å². The second kappa shape index (κ2) is 5.18. The molecule has 0 aliphatic rings. The summed E-state index contributed by atoms with van der Waals surface area (Å²) in [6.45, 7) is 1.71. The lowest BCUT2D eigenvalue weighted by molar-refractivity contribution is 0.0691. The Hall–Kier alpha value is -1.89. The minimum Gasteiger partial charge on any atom is -0.485 e. The number of aromatic carboxylic acids is 1. The Morgan fingerprint density at radius 3 is 2.94 bits per heavy atom. The monoisotopic (exact) mass is 312 g/mol. The Morgan fingerprint density at radius 2 is 2.33 bits per heavy atom. The largest absolute Gasteiger partial charge is 0.485 e. The molecule has 0 bridgehead atoms. The Balaban J connectivity index is 2.17. The topological polar surface area (TPSA) is 85.5 Å². The molecule has 18 heavy (non-hydrogen) atoms. The molecule has 0 radical (unpaired) electrons. The third-order valence-corrected chi connectivity index (χ3v) is 2.59. The lowest BCUT2D eigenvalue weighted by Crippen LogP contribution is -2.04. The van der Waals surface area contributed by atoms with Crippen LogP contribution in [0.5, 0.6) is 5.75 Å². The molecule has 1 aromatic heterocycles. The van der Waals surface area contributed by atoms with Crippen molar-refractivity contribution in [2.24, 2.45) is 0 Å². The van der Waals surface area contributed by atoms with Gasteiger partial charge in [-0.2, -0.15) is 4.98 Å². The first-order valence-electron chi connectivity index (χ1n) is 5.01. The van der Waals surface area contributed by atoms with Gasteiger partial charge in [0.2, 0.25) is 11.7 Å². The maximum Gasteiger partial charge on any atom is 0.339 e. The fraction of sp³-hybridized carbons (Fsp3) is 0.182. The second-order valence-corrected chi connectivity index (χ2v) is 4.38. The van der Waals surface area contributed by atoms with Gasteiger partial charge in [0.25, 0.3) is 0 Å². The molecule has 0 atom stereocenters. The molecule has 2 aromatic rings. The lowest BCUT2D eigenvalue weighted by atomic mass is 10.2. The average molecular weight is 313 g/mol. The first kappa shape index (κ1) is 12.6. The molecular formula is C11H9BrN2O4. The van der Waals surface area contributed by atoms with Gasteiger partial charge in [0.15, 0.2) is 6.61 Å². The molecule has 1 N–H and O–H groups in total. The van der Waals surface area contributed by atoms with E-state index < -0.39 is 5.97 Å². The van der Waals surface area contributed by atoms with Crippen molar-refractivity contribution in [3.8, 4) is 5.75 Å². The SMILES string of the molecule is Cc1nc(COc2cc(Br)ccc2C(=O)O)no1. The van der Waals surface area contributed by atoms with E-state index in [9.17, 15) is 4.79 Å². The van der Waals surface area contributed by atoms with Crippen molar-refractivity contribution < 1.29 is 19.2 Å². The number of rotatable bonds is 4. The number of aromatic nitrogens is 2. The molecule has 0 amide bonds. The Kier molecular flexibility index (Phi) is 3.61. The van der Waals surface area contributed by atoms with Crippen LogP contribution in [0.3, 0.4) is 0 Å². The van der Waals surface area contributed by atoms with E-state index in [1.165, 1.54) is 6.07 Å². The number of benzene rings is 1. The fourth-order valence-electron chi connectivity index (χ4n) is 1.33. The maximum absolute atomic E-state index is 11.0. The number of ether oxygens (including phenoxy) is 1. The third-order valence-electron chi connectivity index (χ3n) is 2.10. The van der Waals surface area contributed by atoms with Crippen LogP contribution in [0.1, 0.15) is 22.1 Å². The Morgan fingerprint density at radius 1 is 1.56 bits per heavy atom. The number of halogens is 1. The Bertz CT molecular complexity index is 582. The number of hydrogen-bond acceptors (Lipinski definition) is 5. The standard InChI is InChI=1S/C11H9BrN2O4/c1-6-13-10(14-18-6)5-17-9-4-7(12)2-3-8(9)11(15)16/h2-4H,5H2,1H3,(H,15,16). The molecule has 0 aliphatic heterocycles. The first-order chi connectivity index (χ1) is 8.56. The number of hydrogen-bond donors (Lipinski definition) is 1. The van der Waals surface area contributed by atoms with Gasteiger partial charge in [0.05, 0.1) is 0 Å². The molecule has 0 fully saturated rings. The fourth-order valence-corrected chi connectivity index (χ4v) is 1.67. The molecule has 0 unspecified atom stereocenters. The molecule has 1 aromatic carbocycles. The normalized spacial score (nSPS) is 10.3. The van der Waals surface area contributed by atoms with E-state index in [0.29, 0.717) is 11.7 Å². The van der Waals surface area contributed by atoms with Crippen molar-refractivity contribution in [1.29, 1.82) is 0 Å². The molecule has 7 heteroatoms. The first-order valence-corrected chi connectivity index (χ1v) is 5.80. The molecule has 6 nitrogen and oxygen atoms in total. The van der Waals surface area contributed by atoms with E-state index in [1.54, 1.807) is 19.1 Å². The lowest BCUT2D eigenvalue weighted by Gasteiger charge is -2.07. The zero-order valence-electron chi connectivity index (χ0n) is 9.38. The summed E-state index contributed by atoms with van der Waals surface area (Å²) in [6, 6.07) is 4.68. The van der Waals surface area contributed by atoms with Gasteiger partial charge in [-0.25, -0.2) is 4.79 Å². The summed E-state index contributed by atoms with van der Waals surface area (Å²) in [7, 11) is 0. The van der Waals surface area contributed by atoms with Gasteiger partial charge in [0, 0.05) is 11.4 Å². The van der Waals surface area contributed by atoms with Crippen LogP contribution in [0.2, 0.25) is 0 Å². The average Bonchev–Trinajstić information content (AvgIpc) is 2.72. The van der Waals surface area contributed by atoms with Crippen LogP contribution < -0.4 is 4.74 Å². The van der Waals surface area contributed by atoms with Crippen LogP contribution >= 0.6 is 15.9 Å². The number of carboxylic acids is 1. The quantitative estimate of drug-likeness (QED) is 0.933. The summed E-state index contributed by atoms with van der Waals surface area (Å²) in [5.74, 6) is -0.00812. The van der Waals surface area contributed by atoms with E-state index in [0.717, 1.165) is 4.47 Å². The maximum atomic E-state index is 11.0. The summed E-state index contributed by atoms with van der Waals surface area (Å²) in [5, 5.41) is 12.7. The molecule has 94 valence electrons. The highest BCUT2D eigenvalue weighted by Crippen LogP contribution is 2.24. The molecule has 0 spiro atoms. The van der Waals surface area contributed by atoms with Crippen molar-refractivity contribution in [2.45, 2.75) is 13.5 Å². The van der Waals surface area contributed by atoms with E-state index in [-0.39, 0.29) is 17.9 Å². The molecular weight excluding hydrogens is 304 g/mol. The number of carboxylic acid groups (broad SMARTS) is 1. The van der Waals surface area contributed by atoms with Crippen LogP contribution in [0.15, 0.2) is 27.2 Å². The van der Waals surface area contributed by atoms with Crippen LogP contribution in [-0.2, 0) is 6.61 Å². The number of nitrogens with zero attached hydrogens (tertiary/aromatic N) is 2. The van der Waals surface area contributed by atoms with Gasteiger partial charge in [-0.3, -0.25) is 0 Å². The highest BCUT2D eigenvalue weighted by Gasteiger charge is 2.13. The van der Waals surface area contributed by atoms with Gasteiger partial charge >= 0.3 is 5.97 Å². The Labute approximate surface area is 111 Å². The van der Waals surface area contributed by atoms with Crippen LogP contribution in [0.25, 0.3) is 0 Å². The zero-order chi connectivity index (χ0) is 13.1.